The monoisotopic (exact) mass is 244 g/mol. The molecule has 1 rings (SSSR count). The zero-order valence-electron chi connectivity index (χ0n) is 11.4. The smallest absolute Gasteiger partial charge is 0.410 e. The van der Waals surface area contributed by atoms with Gasteiger partial charge in [0.25, 0.3) is 0 Å². The van der Waals surface area contributed by atoms with Gasteiger partial charge in [-0.05, 0) is 41.3 Å². The molecule has 1 N–H and O–H groups in total. The van der Waals surface area contributed by atoms with E-state index in [9.17, 15) is 9.90 Å². The summed E-state index contributed by atoms with van der Waals surface area (Å²) in [6.45, 7) is 6.14. The van der Waals surface area contributed by atoms with Crippen LogP contribution in [0.4, 0.5) is 4.79 Å². The summed E-state index contributed by atoms with van der Waals surface area (Å²) in [5, 5.41) is 9.32. The Morgan fingerprint density at radius 1 is 1.47 bits per heavy atom. The molecule has 0 aromatic carbocycles. The van der Waals surface area contributed by atoms with Crippen LogP contribution in [0.2, 0.25) is 0 Å². The number of aliphatic hydroxyl groups is 1. The Hall–Kier alpha value is -0.810. The van der Waals surface area contributed by atoms with Crippen molar-refractivity contribution in [2.24, 2.45) is 0 Å². The molecule has 1 fully saturated rings. The molecule has 17 heavy (non-hydrogen) atoms. The largest absolute Gasteiger partial charge is 0.444 e. The van der Waals surface area contributed by atoms with Crippen LogP contribution in [0.25, 0.3) is 0 Å². The lowest BCUT2D eigenvalue weighted by molar-refractivity contribution is 0.0170. The average molecular weight is 244 g/mol. The van der Waals surface area contributed by atoms with E-state index in [1.54, 1.807) is 4.90 Å². The molecular weight excluding hydrogens is 220 g/mol. The highest BCUT2D eigenvalue weighted by atomic mass is 16.6. The second kappa shape index (κ2) is 5.23. The molecule has 1 saturated heterocycles. The third-order valence-electron chi connectivity index (χ3n) is 2.96. The number of carbonyl (C=O) groups excluding carboxylic acids is 1. The van der Waals surface area contributed by atoms with Crippen molar-refractivity contribution in [1.29, 1.82) is 0 Å². The number of hydrogen-bond acceptors (Lipinski definition) is 4. The Balaban J connectivity index is 2.66. The van der Waals surface area contributed by atoms with Gasteiger partial charge in [0.05, 0.1) is 12.6 Å². The second-order valence-electron chi connectivity index (χ2n) is 5.82. The SMILES string of the molecule is CN(C)[C@H]1C[C@@H](CO)N(C(=O)OC(C)(C)C)C1. The fourth-order valence-corrected chi connectivity index (χ4v) is 1.98. The lowest BCUT2D eigenvalue weighted by atomic mass is 10.2. The van der Waals surface area contributed by atoms with Gasteiger partial charge in [-0.25, -0.2) is 4.79 Å². The van der Waals surface area contributed by atoms with Gasteiger partial charge in [0, 0.05) is 12.6 Å². The lowest BCUT2D eigenvalue weighted by Crippen LogP contribution is -2.42. The number of likely N-dealkylation sites (tertiary alicyclic amines) is 1. The molecule has 0 radical (unpaired) electrons. The van der Waals surface area contributed by atoms with Gasteiger partial charge >= 0.3 is 6.09 Å². The predicted octanol–water partition coefficient (Wildman–Crippen LogP) is 0.918. The van der Waals surface area contributed by atoms with E-state index in [1.807, 2.05) is 34.9 Å². The van der Waals surface area contributed by atoms with Gasteiger partial charge in [-0.3, -0.25) is 0 Å². The quantitative estimate of drug-likeness (QED) is 0.785. The molecule has 0 aromatic heterocycles. The van der Waals surface area contributed by atoms with Gasteiger partial charge in [-0.15, -0.1) is 0 Å². The molecule has 0 spiro atoms. The Labute approximate surface area is 103 Å². The molecule has 1 heterocycles. The fourth-order valence-electron chi connectivity index (χ4n) is 1.98. The van der Waals surface area contributed by atoms with E-state index in [0.717, 1.165) is 6.42 Å². The molecule has 1 aliphatic rings. The van der Waals surface area contributed by atoms with Crippen molar-refractivity contribution in [3.8, 4) is 0 Å². The number of likely N-dealkylation sites (N-methyl/N-ethyl adjacent to an activating group) is 1. The summed E-state index contributed by atoms with van der Waals surface area (Å²) in [7, 11) is 3.97. The zero-order valence-corrected chi connectivity index (χ0v) is 11.4. The minimum atomic E-state index is -0.493. The van der Waals surface area contributed by atoms with Crippen LogP contribution >= 0.6 is 0 Å². The first-order valence-corrected chi connectivity index (χ1v) is 6.01. The third kappa shape index (κ3) is 3.85. The Kier molecular flexibility index (Phi) is 4.38. The molecule has 5 nitrogen and oxygen atoms in total. The van der Waals surface area contributed by atoms with Gasteiger partial charge in [0.1, 0.15) is 5.60 Å². The minimum absolute atomic E-state index is 0.0103. The first-order valence-electron chi connectivity index (χ1n) is 6.01. The number of amides is 1. The van der Waals surface area contributed by atoms with Crippen LogP contribution in [0.5, 0.6) is 0 Å². The van der Waals surface area contributed by atoms with E-state index in [2.05, 4.69) is 4.90 Å². The molecule has 5 heteroatoms. The molecule has 0 unspecified atom stereocenters. The van der Waals surface area contributed by atoms with Crippen molar-refractivity contribution >= 4 is 6.09 Å². The van der Waals surface area contributed by atoms with Crippen LogP contribution in [0.15, 0.2) is 0 Å². The van der Waals surface area contributed by atoms with E-state index >= 15 is 0 Å². The van der Waals surface area contributed by atoms with Crippen LogP contribution in [-0.2, 0) is 4.74 Å². The Morgan fingerprint density at radius 3 is 2.47 bits per heavy atom. The summed E-state index contributed by atoms with van der Waals surface area (Å²) >= 11 is 0. The summed E-state index contributed by atoms with van der Waals surface area (Å²) in [6.07, 6.45) is 0.462. The van der Waals surface area contributed by atoms with E-state index in [1.165, 1.54) is 0 Å². The number of aliphatic hydroxyl groups excluding tert-OH is 1. The van der Waals surface area contributed by atoms with Crippen LogP contribution < -0.4 is 0 Å². The van der Waals surface area contributed by atoms with Crippen LogP contribution in [-0.4, -0.2) is 65.9 Å². The maximum absolute atomic E-state index is 12.0. The van der Waals surface area contributed by atoms with Gasteiger partial charge < -0.3 is 19.6 Å². The summed E-state index contributed by atoms with van der Waals surface area (Å²) in [5.41, 5.74) is -0.493. The van der Waals surface area contributed by atoms with Crippen molar-refractivity contribution in [3.63, 3.8) is 0 Å². The highest BCUT2D eigenvalue weighted by Crippen LogP contribution is 2.23. The molecule has 0 bridgehead atoms. The Morgan fingerprint density at radius 2 is 2.06 bits per heavy atom. The van der Waals surface area contributed by atoms with Crippen molar-refractivity contribution in [3.05, 3.63) is 0 Å². The van der Waals surface area contributed by atoms with E-state index in [0.29, 0.717) is 12.6 Å². The average Bonchev–Trinajstić information content (AvgIpc) is 2.58. The summed E-state index contributed by atoms with van der Waals surface area (Å²) in [6, 6.07) is 0.164. The Bertz CT molecular complexity index is 273. The maximum Gasteiger partial charge on any atom is 0.410 e. The first kappa shape index (κ1) is 14.3. The van der Waals surface area contributed by atoms with Gasteiger partial charge in [-0.2, -0.15) is 0 Å². The van der Waals surface area contributed by atoms with E-state index in [4.69, 9.17) is 4.74 Å². The highest BCUT2D eigenvalue weighted by molar-refractivity contribution is 5.69. The number of hydrogen-bond donors (Lipinski definition) is 1. The normalized spacial score (nSPS) is 25.5. The molecule has 100 valence electrons. The van der Waals surface area contributed by atoms with Gasteiger partial charge in [-0.1, -0.05) is 0 Å². The predicted molar refractivity (Wildman–Crippen MR) is 65.9 cm³/mol. The number of rotatable bonds is 2. The van der Waals surface area contributed by atoms with E-state index < -0.39 is 5.60 Å². The topological polar surface area (TPSA) is 53.0 Å². The maximum atomic E-state index is 12.0. The van der Waals surface area contributed by atoms with Crippen LogP contribution in [0.3, 0.4) is 0 Å². The summed E-state index contributed by atoms with van der Waals surface area (Å²) in [5.74, 6) is 0. The van der Waals surface area contributed by atoms with Gasteiger partial charge in [0.15, 0.2) is 0 Å². The van der Waals surface area contributed by atoms with Crippen LogP contribution in [0, 0.1) is 0 Å². The second-order valence-corrected chi connectivity index (χ2v) is 5.82. The van der Waals surface area contributed by atoms with Crippen LogP contribution in [0.1, 0.15) is 27.2 Å². The molecule has 0 aromatic rings. The molecule has 1 amide bonds. The fraction of sp³-hybridized carbons (Fsp3) is 0.917. The standard InChI is InChI=1S/C12H24N2O3/c1-12(2,3)17-11(16)14-7-9(13(4)5)6-10(14)8-15/h9-10,15H,6-8H2,1-5H3/t9-,10-/m0/s1. The molecule has 0 saturated carbocycles. The lowest BCUT2D eigenvalue weighted by Gasteiger charge is -2.27. The molecule has 1 aliphatic heterocycles. The van der Waals surface area contributed by atoms with Crippen molar-refractivity contribution in [2.75, 3.05) is 27.2 Å². The van der Waals surface area contributed by atoms with Crippen molar-refractivity contribution in [2.45, 2.75) is 44.9 Å². The number of ether oxygens (including phenoxy) is 1. The number of carbonyl (C=O) groups is 1. The minimum Gasteiger partial charge on any atom is -0.444 e. The van der Waals surface area contributed by atoms with Crippen molar-refractivity contribution in [1.82, 2.24) is 9.80 Å². The van der Waals surface area contributed by atoms with Crippen molar-refractivity contribution < 1.29 is 14.6 Å². The van der Waals surface area contributed by atoms with Gasteiger partial charge in [0.2, 0.25) is 0 Å². The number of nitrogens with zero attached hydrogens (tertiary/aromatic N) is 2. The zero-order chi connectivity index (χ0) is 13.2. The third-order valence-corrected chi connectivity index (χ3v) is 2.96. The summed E-state index contributed by atoms with van der Waals surface area (Å²) in [4.78, 5) is 15.7. The summed E-state index contributed by atoms with van der Waals surface area (Å²) < 4.78 is 5.34. The first-order chi connectivity index (χ1) is 7.74. The molecule has 2 atom stereocenters. The molecular formula is C12H24N2O3. The molecule has 0 aliphatic carbocycles. The highest BCUT2D eigenvalue weighted by Gasteiger charge is 2.37. The van der Waals surface area contributed by atoms with E-state index in [-0.39, 0.29) is 18.7 Å².